The van der Waals surface area contributed by atoms with Gasteiger partial charge in [0, 0.05) is 36.9 Å². The van der Waals surface area contributed by atoms with E-state index in [1.54, 1.807) is 12.3 Å². The molecule has 1 aliphatic heterocycles. The quantitative estimate of drug-likeness (QED) is 0.927. The van der Waals surface area contributed by atoms with Gasteiger partial charge >= 0.3 is 0 Å². The van der Waals surface area contributed by atoms with Crippen molar-refractivity contribution >= 4 is 5.82 Å². The summed E-state index contributed by atoms with van der Waals surface area (Å²) in [5.41, 5.74) is 0.622. The summed E-state index contributed by atoms with van der Waals surface area (Å²) >= 11 is 0. The maximum absolute atomic E-state index is 14.7. The summed E-state index contributed by atoms with van der Waals surface area (Å²) in [5, 5.41) is 3.32. The Morgan fingerprint density at radius 2 is 2.24 bits per heavy atom. The molecule has 1 saturated heterocycles. The van der Waals surface area contributed by atoms with E-state index in [2.05, 4.69) is 38.0 Å². The Morgan fingerprint density at radius 1 is 1.48 bits per heavy atom. The zero-order valence-corrected chi connectivity index (χ0v) is 13.4. The van der Waals surface area contributed by atoms with Crippen molar-refractivity contribution < 1.29 is 9.13 Å². The number of hydrogen-bond acceptors (Lipinski definition) is 4. The van der Waals surface area contributed by atoms with Crippen LogP contribution in [0.15, 0.2) is 12.3 Å². The number of ether oxygens (including phenoxy) is 1. The van der Waals surface area contributed by atoms with Crippen molar-refractivity contribution in [2.45, 2.75) is 52.3 Å². The number of nitrogens with zero attached hydrogens (tertiary/aromatic N) is 2. The molecule has 1 fully saturated rings. The van der Waals surface area contributed by atoms with Crippen LogP contribution in [-0.2, 0) is 11.3 Å². The highest BCUT2D eigenvalue weighted by Gasteiger charge is 2.23. The Hall–Kier alpha value is -1.20. The van der Waals surface area contributed by atoms with Gasteiger partial charge < -0.3 is 15.0 Å². The number of pyridine rings is 1. The highest BCUT2D eigenvalue weighted by atomic mass is 19.1. The molecule has 1 aromatic rings. The smallest absolute Gasteiger partial charge is 0.170 e. The predicted molar refractivity (Wildman–Crippen MR) is 83.0 cm³/mol. The van der Waals surface area contributed by atoms with Crippen molar-refractivity contribution in [1.29, 1.82) is 0 Å². The molecular formula is C16H26FN3O. The van der Waals surface area contributed by atoms with Gasteiger partial charge in [-0.3, -0.25) is 0 Å². The van der Waals surface area contributed by atoms with E-state index in [9.17, 15) is 4.39 Å². The van der Waals surface area contributed by atoms with Crippen molar-refractivity contribution in [2.24, 2.45) is 0 Å². The van der Waals surface area contributed by atoms with Crippen LogP contribution in [0.1, 0.15) is 39.7 Å². The van der Waals surface area contributed by atoms with Crippen LogP contribution in [0.2, 0.25) is 0 Å². The van der Waals surface area contributed by atoms with Gasteiger partial charge in [0.15, 0.2) is 11.6 Å². The SMILES string of the molecule is CCC1CN(c2nccc(CNC(C)(C)C)c2F)CCO1. The molecule has 1 atom stereocenters. The topological polar surface area (TPSA) is 37.4 Å². The van der Waals surface area contributed by atoms with Crippen LogP contribution in [0.3, 0.4) is 0 Å². The molecule has 2 rings (SSSR count). The van der Waals surface area contributed by atoms with Gasteiger partial charge in [-0.15, -0.1) is 0 Å². The fraction of sp³-hybridized carbons (Fsp3) is 0.688. The van der Waals surface area contributed by atoms with Crippen LogP contribution in [0.25, 0.3) is 0 Å². The third-order valence-corrected chi connectivity index (χ3v) is 3.65. The molecule has 1 N–H and O–H groups in total. The first-order chi connectivity index (χ1) is 9.90. The number of morpholine rings is 1. The number of anilines is 1. The summed E-state index contributed by atoms with van der Waals surface area (Å²) < 4.78 is 20.3. The lowest BCUT2D eigenvalue weighted by molar-refractivity contribution is 0.0379. The minimum atomic E-state index is -0.217. The largest absolute Gasteiger partial charge is 0.375 e. The van der Waals surface area contributed by atoms with E-state index in [4.69, 9.17) is 4.74 Å². The molecule has 118 valence electrons. The second kappa shape index (κ2) is 6.71. The van der Waals surface area contributed by atoms with E-state index in [0.717, 1.165) is 6.42 Å². The predicted octanol–water partition coefficient (Wildman–Crippen LogP) is 2.72. The Kier molecular flexibility index (Phi) is 5.17. The molecule has 1 aromatic heterocycles. The van der Waals surface area contributed by atoms with Crippen LogP contribution in [0, 0.1) is 5.82 Å². The molecule has 0 spiro atoms. The van der Waals surface area contributed by atoms with Gasteiger partial charge in [-0.2, -0.15) is 0 Å². The molecule has 0 aromatic carbocycles. The van der Waals surface area contributed by atoms with Crippen molar-refractivity contribution in [3.05, 3.63) is 23.6 Å². The maximum atomic E-state index is 14.7. The van der Waals surface area contributed by atoms with Crippen LogP contribution in [0.4, 0.5) is 10.2 Å². The number of nitrogens with one attached hydrogen (secondary N) is 1. The van der Waals surface area contributed by atoms with Crippen molar-refractivity contribution in [2.75, 3.05) is 24.6 Å². The maximum Gasteiger partial charge on any atom is 0.170 e. The van der Waals surface area contributed by atoms with E-state index in [-0.39, 0.29) is 17.5 Å². The van der Waals surface area contributed by atoms with E-state index in [0.29, 0.717) is 37.6 Å². The zero-order chi connectivity index (χ0) is 15.5. The van der Waals surface area contributed by atoms with Crippen LogP contribution < -0.4 is 10.2 Å². The molecule has 0 aliphatic carbocycles. The van der Waals surface area contributed by atoms with Crippen LogP contribution in [-0.4, -0.2) is 36.3 Å². The highest BCUT2D eigenvalue weighted by Crippen LogP contribution is 2.22. The van der Waals surface area contributed by atoms with E-state index >= 15 is 0 Å². The fourth-order valence-electron chi connectivity index (χ4n) is 2.35. The van der Waals surface area contributed by atoms with Gasteiger partial charge in [-0.1, -0.05) is 6.92 Å². The van der Waals surface area contributed by atoms with Crippen molar-refractivity contribution in [3.8, 4) is 0 Å². The van der Waals surface area contributed by atoms with Gasteiger partial charge in [0.05, 0.1) is 12.7 Å². The number of aromatic nitrogens is 1. The second-order valence-corrected chi connectivity index (χ2v) is 6.56. The van der Waals surface area contributed by atoms with Crippen LogP contribution in [0.5, 0.6) is 0 Å². The summed E-state index contributed by atoms with van der Waals surface area (Å²) in [6, 6.07) is 1.75. The zero-order valence-electron chi connectivity index (χ0n) is 13.4. The van der Waals surface area contributed by atoms with E-state index < -0.39 is 0 Å². The first-order valence-electron chi connectivity index (χ1n) is 7.65. The summed E-state index contributed by atoms with van der Waals surface area (Å²) in [7, 11) is 0. The highest BCUT2D eigenvalue weighted by molar-refractivity contribution is 5.43. The molecule has 0 saturated carbocycles. The molecule has 1 unspecified atom stereocenters. The van der Waals surface area contributed by atoms with E-state index in [1.807, 2.05) is 4.90 Å². The lowest BCUT2D eigenvalue weighted by Crippen LogP contribution is -2.43. The molecular weight excluding hydrogens is 269 g/mol. The third kappa shape index (κ3) is 4.38. The molecule has 0 bridgehead atoms. The molecule has 21 heavy (non-hydrogen) atoms. The molecule has 0 amide bonds. The standard InChI is InChI=1S/C16H26FN3O/c1-5-13-11-20(8-9-21-13)15-14(17)12(6-7-18-15)10-19-16(2,3)4/h6-7,13,19H,5,8-11H2,1-4H3. The normalized spacial score (nSPS) is 19.9. The minimum Gasteiger partial charge on any atom is -0.375 e. The summed E-state index contributed by atoms with van der Waals surface area (Å²) in [5.74, 6) is 0.232. The lowest BCUT2D eigenvalue weighted by atomic mass is 10.1. The first kappa shape index (κ1) is 16.2. The Bertz CT molecular complexity index is 473. The van der Waals surface area contributed by atoms with Gasteiger partial charge in [-0.05, 0) is 33.3 Å². The monoisotopic (exact) mass is 295 g/mol. The first-order valence-corrected chi connectivity index (χ1v) is 7.65. The minimum absolute atomic E-state index is 0.0395. The number of hydrogen-bond donors (Lipinski definition) is 1. The number of halogens is 1. The number of rotatable bonds is 4. The second-order valence-electron chi connectivity index (χ2n) is 6.56. The van der Waals surface area contributed by atoms with Gasteiger partial charge in [0.1, 0.15) is 0 Å². The van der Waals surface area contributed by atoms with Gasteiger partial charge in [0.2, 0.25) is 0 Å². The average molecular weight is 295 g/mol. The van der Waals surface area contributed by atoms with Gasteiger partial charge in [0.25, 0.3) is 0 Å². The molecule has 1 aliphatic rings. The van der Waals surface area contributed by atoms with Crippen LogP contribution >= 0.6 is 0 Å². The van der Waals surface area contributed by atoms with Crippen molar-refractivity contribution in [3.63, 3.8) is 0 Å². The van der Waals surface area contributed by atoms with Crippen molar-refractivity contribution in [1.82, 2.24) is 10.3 Å². The molecule has 5 heteroatoms. The fourth-order valence-corrected chi connectivity index (χ4v) is 2.35. The molecule has 0 radical (unpaired) electrons. The molecule has 4 nitrogen and oxygen atoms in total. The van der Waals surface area contributed by atoms with Gasteiger partial charge in [-0.25, -0.2) is 9.37 Å². The Morgan fingerprint density at radius 3 is 2.90 bits per heavy atom. The summed E-state index contributed by atoms with van der Waals surface area (Å²) in [6.45, 7) is 10.8. The van der Waals surface area contributed by atoms with E-state index in [1.165, 1.54) is 0 Å². The summed E-state index contributed by atoms with van der Waals surface area (Å²) in [6.07, 6.45) is 2.79. The third-order valence-electron chi connectivity index (χ3n) is 3.65. The Labute approximate surface area is 126 Å². The Balaban J connectivity index is 2.13. The molecule has 2 heterocycles. The lowest BCUT2D eigenvalue weighted by Gasteiger charge is -2.33. The average Bonchev–Trinajstić information content (AvgIpc) is 2.45. The summed E-state index contributed by atoms with van der Waals surface area (Å²) in [4.78, 5) is 6.24.